The van der Waals surface area contributed by atoms with E-state index in [1.165, 1.54) is 4.68 Å². The van der Waals surface area contributed by atoms with E-state index in [0.717, 1.165) is 11.4 Å². The van der Waals surface area contributed by atoms with E-state index in [2.05, 4.69) is 10.4 Å². The maximum atomic E-state index is 13.1. The number of nitrogens with one attached hydrogen (secondary N) is 1. The molecule has 8 heteroatoms. The number of hydrogen-bond donors (Lipinski definition) is 1. The van der Waals surface area contributed by atoms with Gasteiger partial charge in [-0.3, -0.25) is 9.59 Å². The van der Waals surface area contributed by atoms with Crippen molar-refractivity contribution in [2.45, 2.75) is 39.8 Å². The third kappa shape index (κ3) is 5.86. The number of para-hydroxylation sites is 1. The van der Waals surface area contributed by atoms with Crippen LogP contribution in [0.5, 0.6) is 0 Å². The highest BCUT2D eigenvalue weighted by atomic mass is 16.5. The Balaban J connectivity index is 1.50. The molecule has 4 aromatic rings. The third-order valence-corrected chi connectivity index (χ3v) is 5.82. The van der Waals surface area contributed by atoms with Crippen molar-refractivity contribution in [3.8, 4) is 0 Å². The van der Waals surface area contributed by atoms with E-state index in [0.29, 0.717) is 29.4 Å². The molecule has 1 N–H and O–H groups in total. The van der Waals surface area contributed by atoms with Crippen molar-refractivity contribution in [1.82, 2.24) is 9.78 Å². The number of rotatable bonds is 9. The quantitative estimate of drug-likeness (QED) is 0.321. The molecule has 8 nitrogen and oxygen atoms in total. The lowest BCUT2D eigenvalue weighted by atomic mass is 10.1. The molecule has 0 unspecified atom stereocenters. The van der Waals surface area contributed by atoms with Crippen LogP contribution in [-0.4, -0.2) is 34.3 Å². The van der Waals surface area contributed by atoms with Gasteiger partial charge in [-0.2, -0.15) is 5.10 Å². The highest BCUT2D eigenvalue weighted by molar-refractivity contribution is 6.03. The Labute approximate surface area is 215 Å². The summed E-state index contributed by atoms with van der Waals surface area (Å²) in [5.41, 5.74) is 2.29. The average Bonchev–Trinajstić information content (AvgIpc) is 2.90. The van der Waals surface area contributed by atoms with Gasteiger partial charge in [0.1, 0.15) is 0 Å². The molecule has 0 aliphatic rings. The normalized spacial score (nSPS) is 10.9. The molecule has 0 radical (unpaired) electrons. The summed E-state index contributed by atoms with van der Waals surface area (Å²) in [6.45, 7) is 5.63. The Kier molecular flexibility index (Phi) is 7.98. The van der Waals surface area contributed by atoms with Gasteiger partial charge < -0.3 is 15.0 Å². The molecule has 37 heavy (non-hydrogen) atoms. The summed E-state index contributed by atoms with van der Waals surface area (Å²) < 4.78 is 6.68. The fourth-order valence-corrected chi connectivity index (χ4v) is 4.14. The van der Waals surface area contributed by atoms with Crippen LogP contribution in [0.25, 0.3) is 10.8 Å². The van der Waals surface area contributed by atoms with Gasteiger partial charge in [0.2, 0.25) is 0 Å². The average molecular weight is 499 g/mol. The fourth-order valence-electron chi connectivity index (χ4n) is 4.14. The summed E-state index contributed by atoms with van der Waals surface area (Å²) >= 11 is 0. The van der Waals surface area contributed by atoms with Gasteiger partial charge in [-0.05, 0) is 62.7 Å². The number of amides is 1. The lowest BCUT2D eigenvalue weighted by Crippen LogP contribution is -2.40. The van der Waals surface area contributed by atoms with E-state index in [4.69, 9.17) is 4.74 Å². The van der Waals surface area contributed by atoms with E-state index in [-0.39, 0.29) is 23.2 Å². The second-order valence-corrected chi connectivity index (χ2v) is 8.89. The van der Waals surface area contributed by atoms with E-state index in [9.17, 15) is 14.4 Å². The van der Waals surface area contributed by atoms with Gasteiger partial charge in [0.15, 0.2) is 12.3 Å². The summed E-state index contributed by atoms with van der Waals surface area (Å²) in [6, 6.07) is 23.9. The van der Waals surface area contributed by atoms with Crippen LogP contribution in [0, 0.1) is 0 Å². The lowest BCUT2D eigenvalue weighted by Gasteiger charge is -2.27. The number of carbonyl (C=O) groups is 2. The molecule has 1 heterocycles. The topological polar surface area (TPSA) is 93.5 Å². The highest BCUT2D eigenvalue weighted by Gasteiger charge is 2.23. The number of ether oxygens (including phenoxy) is 1. The minimum absolute atomic E-state index is 0.0175. The first kappa shape index (κ1) is 25.6. The van der Waals surface area contributed by atoms with Crippen molar-refractivity contribution in [1.29, 1.82) is 0 Å². The molecule has 190 valence electrons. The van der Waals surface area contributed by atoms with Crippen LogP contribution in [-0.2, 0) is 16.1 Å². The van der Waals surface area contributed by atoms with Crippen molar-refractivity contribution in [3.05, 3.63) is 94.9 Å². The van der Waals surface area contributed by atoms with Crippen molar-refractivity contribution < 1.29 is 14.3 Å². The maximum absolute atomic E-state index is 13.1. The zero-order valence-electron chi connectivity index (χ0n) is 21.2. The molecule has 0 atom stereocenters. The Morgan fingerprint density at radius 1 is 0.919 bits per heavy atom. The van der Waals surface area contributed by atoms with Gasteiger partial charge in [0, 0.05) is 35.0 Å². The summed E-state index contributed by atoms with van der Waals surface area (Å²) in [6.07, 6.45) is 0.682. The van der Waals surface area contributed by atoms with Crippen LogP contribution in [0.15, 0.2) is 83.7 Å². The number of carbonyl (C=O) groups excluding carboxylic acids is 2. The van der Waals surface area contributed by atoms with Crippen LogP contribution >= 0.6 is 0 Å². The van der Waals surface area contributed by atoms with Crippen molar-refractivity contribution in [3.63, 3.8) is 0 Å². The number of aryl methyl sites for hydroxylation is 1. The molecular formula is C29H30N4O4. The summed E-state index contributed by atoms with van der Waals surface area (Å²) in [7, 11) is 0. The van der Waals surface area contributed by atoms with Crippen molar-refractivity contribution in [2.24, 2.45) is 0 Å². The standard InChI is InChI=1S/C29H30N4O4/c1-4-18-32-28(35)25-13-9-8-12-24(25)27(31-32)29(36)37-19-26(34)33(20(2)3)23-16-14-22(15-17-23)30-21-10-6-5-7-11-21/h5-17,20,30H,4,18-19H2,1-3H3. The van der Waals surface area contributed by atoms with Crippen LogP contribution in [0.1, 0.15) is 37.7 Å². The number of esters is 1. The summed E-state index contributed by atoms with van der Waals surface area (Å²) in [5.74, 6) is -1.11. The first-order valence-electron chi connectivity index (χ1n) is 12.3. The summed E-state index contributed by atoms with van der Waals surface area (Å²) in [5, 5.41) is 8.35. The molecule has 0 aliphatic carbocycles. The zero-order chi connectivity index (χ0) is 26.4. The first-order valence-corrected chi connectivity index (χ1v) is 12.3. The number of fused-ring (bicyclic) bond motifs is 1. The van der Waals surface area contributed by atoms with Gasteiger partial charge in [0.05, 0.1) is 5.39 Å². The van der Waals surface area contributed by atoms with E-state index >= 15 is 0 Å². The third-order valence-electron chi connectivity index (χ3n) is 5.82. The molecular weight excluding hydrogens is 468 g/mol. The number of aromatic nitrogens is 2. The van der Waals surface area contributed by atoms with Gasteiger partial charge >= 0.3 is 5.97 Å². The van der Waals surface area contributed by atoms with Gasteiger partial charge in [-0.25, -0.2) is 9.48 Å². The summed E-state index contributed by atoms with van der Waals surface area (Å²) in [4.78, 5) is 40.4. The number of anilines is 3. The van der Waals surface area contributed by atoms with Crippen LogP contribution in [0.3, 0.4) is 0 Å². The SMILES string of the molecule is CCCn1nc(C(=O)OCC(=O)N(c2ccc(Nc3ccccc3)cc2)C(C)C)c2ccccc2c1=O. The highest BCUT2D eigenvalue weighted by Crippen LogP contribution is 2.23. The Morgan fingerprint density at radius 2 is 1.54 bits per heavy atom. The predicted molar refractivity (Wildman–Crippen MR) is 145 cm³/mol. The lowest BCUT2D eigenvalue weighted by molar-refractivity contribution is -0.122. The number of benzene rings is 3. The molecule has 0 aliphatic heterocycles. The molecule has 0 bridgehead atoms. The van der Waals surface area contributed by atoms with E-state index < -0.39 is 12.6 Å². The first-order chi connectivity index (χ1) is 17.9. The van der Waals surface area contributed by atoms with Gasteiger partial charge in [0.25, 0.3) is 11.5 Å². The van der Waals surface area contributed by atoms with Gasteiger partial charge in [-0.15, -0.1) is 0 Å². The number of hydrogen-bond acceptors (Lipinski definition) is 6. The van der Waals surface area contributed by atoms with Crippen LogP contribution in [0.2, 0.25) is 0 Å². The second kappa shape index (κ2) is 11.5. The predicted octanol–water partition coefficient (Wildman–Crippen LogP) is 5.15. The molecule has 0 saturated carbocycles. The van der Waals surface area contributed by atoms with Crippen LogP contribution < -0.4 is 15.8 Å². The van der Waals surface area contributed by atoms with Crippen LogP contribution in [0.4, 0.5) is 17.1 Å². The maximum Gasteiger partial charge on any atom is 0.359 e. The Morgan fingerprint density at radius 3 is 2.19 bits per heavy atom. The smallest absolute Gasteiger partial charge is 0.359 e. The molecule has 1 aromatic heterocycles. The molecule has 0 spiro atoms. The number of nitrogens with zero attached hydrogens (tertiary/aromatic N) is 3. The Bertz CT molecular complexity index is 1450. The molecule has 1 amide bonds. The Hall–Kier alpha value is -4.46. The second-order valence-electron chi connectivity index (χ2n) is 8.89. The molecule has 3 aromatic carbocycles. The monoisotopic (exact) mass is 498 g/mol. The molecule has 0 saturated heterocycles. The molecule has 4 rings (SSSR count). The van der Waals surface area contributed by atoms with E-state index in [1.807, 2.05) is 75.4 Å². The van der Waals surface area contributed by atoms with Crippen molar-refractivity contribution in [2.75, 3.05) is 16.8 Å². The minimum atomic E-state index is -0.750. The molecule has 0 fully saturated rings. The minimum Gasteiger partial charge on any atom is -0.451 e. The van der Waals surface area contributed by atoms with E-state index in [1.54, 1.807) is 29.2 Å². The van der Waals surface area contributed by atoms with Crippen molar-refractivity contribution >= 4 is 39.7 Å². The fraction of sp³-hybridized carbons (Fsp3) is 0.241. The van der Waals surface area contributed by atoms with Gasteiger partial charge in [-0.1, -0.05) is 43.3 Å². The zero-order valence-corrected chi connectivity index (χ0v) is 21.2. The largest absolute Gasteiger partial charge is 0.451 e.